The SMILES string of the molecule is C=C/C=C\N(/C=C\C=C(/C(=C)C(=C)C)c1cccc2c3ccccc3n(-c3ccc4ccccc4c3)c12)c1ccccc1. The standard InChI is InChI=1S/C41H34N2/c1-5-6-27-42(34-18-8-7-9-19-34)28-15-23-36(31(4)30(2)3)38-21-14-22-39-37-20-12-13-24-40(37)43(41(38)39)35-26-25-32-16-10-11-17-33(32)29-35/h5-29H,1-2,4H2,3H3/b27-6-,28-15-,36-23+. The smallest absolute Gasteiger partial charge is 0.0619 e. The summed E-state index contributed by atoms with van der Waals surface area (Å²) in [5, 5.41) is 4.85. The van der Waals surface area contributed by atoms with E-state index in [1.54, 1.807) is 6.08 Å². The fourth-order valence-electron chi connectivity index (χ4n) is 5.61. The van der Waals surface area contributed by atoms with Crippen LogP contribution in [0, 0.1) is 0 Å². The minimum atomic E-state index is 0.903. The third kappa shape index (κ3) is 5.39. The molecule has 0 unspecified atom stereocenters. The highest BCUT2D eigenvalue weighted by atomic mass is 15.1. The summed E-state index contributed by atoms with van der Waals surface area (Å²) in [4.78, 5) is 2.08. The highest BCUT2D eigenvalue weighted by Gasteiger charge is 2.18. The van der Waals surface area contributed by atoms with Crippen LogP contribution in [0.4, 0.5) is 5.69 Å². The first kappa shape index (κ1) is 27.6. The molecule has 1 aromatic heterocycles. The second-order valence-electron chi connectivity index (χ2n) is 10.6. The average molecular weight is 555 g/mol. The Bertz CT molecular complexity index is 2080. The van der Waals surface area contributed by atoms with Gasteiger partial charge in [-0.15, -0.1) is 0 Å². The summed E-state index contributed by atoms with van der Waals surface area (Å²) in [6, 6.07) is 40.6. The van der Waals surface area contributed by atoms with Crippen LogP contribution < -0.4 is 4.90 Å². The number of hydrogen-bond donors (Lipinski definition) is 0. The number of anilines is 1. The van der Waals surface area contributed by atoms with Gasteiger partial charge in [-0.25, -0.2) is 0 Å². The second kappa shape index (κ2) is 12.1. The van der Waals surface area contributed by atoms with Crippen LogP contribution in [0.15, 0.2) is 183 Å². The third-order valence-electron chi connectivity index (χ3n) is 7.76. The number of rotatable bonds is 9. The molecule has 2 heteroatoms. The van der Waals surface area contributed by atoms with Gasteiger partial charge < -0.3 is 9.47 Å². The predicted octanol–water partition coefficient (Wildman–Crippen LogP) is 11.2. The van der Waals surface area contributed by atoms with Gasteiger partial charge in [-0.2, -0.15) is 0 Å². The summed E-state index contributed by atoms with van der Waals surface area (Å²) in [7, 11) is 0. The van der Waals surface area contributed by atoms with Crippen LogP contribution in [0.5, 0.6) is 0 Å². The number of benzene rings is 5. The fraction of sp³-hybridized carbons (Fsp3) is 0.0244. The minimum Gasteiger partial charge on any atom is -0.324 e. The molecule has 0 spiro atoms. The zero-order chi connectivity index (χ0) is 29.8. The summed E-state index contributed by atoms with van der Waals surface area (Å²) < 4.78 is 2.39. The van der Waals surface area contributed by atoms with Gasteiger partial charge in [-0.05, 0) is 71.3 Å². The lowest BCUT2D eigenvalue weighted by atomic mass is 9.92. The molecule has 0 aliphatic rings. The van der Waals surface area contributed by atoms with Crippen molar-refractivity contribution in [3.63, 3.8) is 0 Å². The number of allylic oxidation sites excluding steroid dienone is 7. The Morgan fingerprint density at radius 3 is 2.19 bits per heavy atom. The molecule has 6 aromatic rings. The van der Waals surface area contributed by atoms with Gasteiger partial charge in [-0.3, -0.25) is 0 Å². The molecule has 0 aliphatic carbocycles. The summed E-state index contributed by atoms with van der Waals surface area (Å²) >= 11 is 0. The number of fused-ring (bicyclic) bond motifs is 4. The Balaban J connectivity index is 1.58. The summed E-state index contributed by atoms with van der Waals surface area (Å²) in [5.41, 5.74) is 8.46. The number of nitrogens with zero attached hydrogens (tertiary/aromatic N) is 2. The topological polar surface area (TPSA) is 8.17 Å². The van der Waals surface area contributed by atoms with Crippen LogP contribution in [0.1, 0.15) is 12.5 Å². The zero-order valence-electron chi connectivity index (χ0n) is 24.4. The van der Waals surface area contributed by atoms with Crippen molar-refractivity contribution in [1.82, 2.24) is 4.57 Å². The molecular formula is C41H34N2. The number of aromatic nitrogens is 1. The van der Waals surface area contributed by atoms with E-state index in [4.69, 9.17) is 0 Å². The van der Waals surface area contributed by atoms with Gasteiger partial charge in [0.2, 0.25) is 0 Å². The van der Waals surface area contributed by atoms with Gasteiger partial charge in [0.25, 0.3) is 0 Å². The van der Waals surface area contributed by atoms with Crippen molar-refractivity contribution >= 4 is 43.8 Å². The molecule has 0 saturated heterocycles. The van der Waals surface area contributed by atoms with E-state index in [2.05, 4.69) is 145 Å². The van der Waals surface area contributed by atoms with Crippen LogP contribution in [0.2, 0.25) is 0 Å². The van der Waals surface area contributed by atoms with Gasteiger partial charge in [0.05, 0.1) is 11.0 Å². The molecule has 5 aromatic carbocycles. The van der Waals surface area contributed by atoms with Gasteiger partial charge in [0, 0.05) is 40.1 Å². The van der Waals surface area contributed by atoms with E-state index in [1.807, 2.05) is 37.4 Å². The minimum absolute atomic E-state index is 0.903. The van der Waals surface area contributed by atoms with Crippen LogP contribution in [-0.4, -0.2) is 4.57 Å². The van der Waals surface area contributed by atoms with E-state index >= 15 is 0 Å². The predicted molar refractivity (Wildman–Crippen MR) is 188 cm³/mol. The van der Waals surface area contributed by atoms with Gasteiger partial charge in [0.1, 0.15) is 0 Å². The highest BCUT2D eigenvalue weighted by Crippen LogP contribution is 2.39. The maximum atomic E-state index is 4.49. The van der Waals surface area contributed by atoms with E-state index in [9.17, 15) is 0 Å². The Kier molecular flexibility index (Phi) is 7.76. The molecule has 0 saturated carbocycles. The van der Waals surface area contributed by atoms with E-state index < -0.39 is 0 Å². The largest absolute Gasteiger partial charge is 0.324 e. The van der Waals surface area contributed by atoms with Crippen LogP contribution in [-0.2, 0) is 0 Å². The molecule has 0 radical (unpaired) electrons. The molecule has 6 rings (SSSR count). The highest BCUT2D eigenvalue weighted by molar-refractivity contribution is 6.13. The monoisotopic (exact) mass is 554 g/mol. The zero-order valence-corrected chi connectivity index (χ0v) is 24.4. The van der Waals surface area contributed by atoms with Crippen LogP contribution >= 0.6 is 0 Å². The van der Waals surface area contributed by atoms with Crippen molar-refractivity contribution in [2.24, 2.45) is 0 Å². The van der Waals surface area contributed by atoms with Crippen molar-refractivity contribution in [1.29, 1.82) is 0 Å². The maximum absolute atomic E-state index is 4.49. The Morgan fingerprint density at radius 2 is 1.40 bits per heavy atom. The average Bonchev–Trinajstić information content (AvgIpc) is 3.39. The van der Waals surface area contributed by atoms with Crippen molar-refractivity contribution in [2.75, 3.05) is 4.90 Å². The lowest BCUT2D eigenvalue weighted by Gasteiger charge is -2.17. The first-order valence-corrected chi connectivity index (χ1v) is 14.4. The first-order valence-electron chi connectivity index (χ1n) is 14.4. The van der Waals surface area contributed by atoms with Gasteiger partial charge in [0.15, 0.2) is 0 Å². The summed E-state index contributed by atoms with van der Waals surface area (Å²) in [6.45, 7) is 14.6. The van der Waals surface area contributed by atoms with E-state index in [0.29, 0.717) is 0 Å². The quantitative estimate of drug-likeness (QED) is 0.161. The summed E-state index contributed by atoms with van der Waals surface area (Å²) in [5.74, 6) is 0. The molecule has 0 amide bonds. The number of para-hydroxylation sites is 3. The molecule has 0 N–H and O–H groups in total. The lowest BCUT2D eigenvalue weighted by Crippen LogP contribution is -2.06. The first-order chi connectivity index (χ1) is 21.1. The van der Waals surface area contributed by atoms with Crippen LogP contribution in [0.25, 0.3) is 43.8 Å². The van der Waals surface area contributed by atoms with E-state index in [1.165, 1.54) is 27.1 Å². The maximum Gasteiger partial charge on any atom is 0.0619 e. The van der Waals surface area contributed by atoms with Crippen molar-refractivity contribution in [2.45, 2.75) is 6.92 Å². The van der Waals surface area contributed by atoms with Crippen molar-refractivity contribution in [3.05, 3.63) is 188 Å². The molecule has 208 valence electrons. The third-order valence-corrected chi connectivity index (χ3v) is 7.76. The van der Waals surface area contributed by atoms with Crippen LogP contribution in [0.3, 0.4) is 0 Å². The lowest BCUT2D eigenvalue weighted by molar-refractivity contribution is 1.18. The molecule has 0 bridgehead atoms. The summed E-state index contributed by atoms with van der Waals surface area (Å²) in [6.07, 6.45) is 12.0. The molecular weight excluding hydrogens is 520 g/mol. The molecule has 1 heterocycles. The molecule has 43 heavy (non-hydrogen) atoms. The molecule has 0 atom stereocenters. The van der Waals surface area contributed by atoms with Gasteiger partial charge in [-0.1, -0.05) is 122 Å². The molecule has 2 nitrogen and oxygen atoms in total. The van der Waals surface area contributed by atoms with E-state index in [0.717, 1.165) is 39.2 Å². The molecule has 0 fully saturated rings. The van der Waals surface area contributed by atoms with Gasteiger partial charge >= 0.3 is 0 Å². The Labute approximate surface area is 253 Å². The number of hydrogen-bond acceptors (Lipinski definition) is 1. The normalized spacial score (nSPS) is 12.1. The van der Waals surface area contributed by atoms with Crippen molar-refractivity contribution < 1.29 is 0 Å². The molecule has 0 aliphatic heterocycles. The van der Waals surface area contributed by atoms with E-state index in [-0.39, 0.29) is 0 Å². The second-order valence-corrected chi connectivity index (χ2v) is 10.6. The Morgan fingerprint density at radius 1 is 0.698 bits per heavy atom. The Hall–Kier alpha value is -5.60. The fourth-order valence-corrected chi connectivity index (χ4v) is 5.61. The van der Waals surface area contributed by atoms with Crippen molar-refractivity contribution in [3.8, 4) is 5.69 Å².